The SMILES string of the molecule is Cc1ccc(-n2c(N(C)C)nc(C(=O)N/N=C/c3ccco3)c2Cl)cc1. The van der Waals surface area contributed by atoms with Crippen LogP contribution < -0.4 is 10.3 Å². The largest absolute Gasteiger partial charge is 0.463 e. The first-order valence-corrected chi connectivity index (χ1v) is 8.24. The molecule has 0 aliphatic rings. The summed E-state index contributed by atoms with van der Waals surface area (Å²) >= 11 is 6.46. The summed E-state index contributed by atoms with van der Waals surface area (Å²) in [7, 11) is 3.67. The molecule has 0 bridgehead atoms. The standard InChI is InChI=1S/C18H18ClN5O2/c1-12-6-8-13(9-7-12)24-16(19)15(21-18(24)23(2)3)17(25)22-20-11-14-5-4-10-26-14/h4-11H,1-3H3,(H,22,25)/b20-11+. The second-order valence-corrected chi connectivity index (χ2v) is 6.19. The summed E-state index contributed by atoms with van der Waals surface area (Å²) in [5.74, 6) is 0.557. The number of halogens is 1. The van der Waals surface area contributed by atoms with Gasteiger partial charge in [0.2, 0.25) is 5.95 Å². The monoisotopic (exact) mass is 371 g/mol. The van der Waals surface area contributed by atoms with Crippen molar-refractivity contribution in [1.82, 2.24) is 15.0 Å². The molecule has 2 aromatic heterocycles. The predicted molar refractivity (Wildman–Crippen MR) is 101 cm³/mol. The van der Waals surface area contributed by atoms with E-state index in [4.69, 9.17) is 16.0 Å². The summed E-state index contributed by atoms with van der Waals surface area (Å²) in [5, 5.41) is 4.07. The van der Waals surface area contributed by atoms with E-state index in [1.54, 1.807) is 21.6 Å². The number of carbonyl (C=O) groups excluding carboxylic acids is 1. The molecule has 0 aliphatic heterocycles. The number of furan rings is 1. The highest BCUT2D eigenvalue weighted by molar-refractivity contribution is 6.33. The van der Waals surface area contributed by atoms with Gasteiger partial charge in [0.15, 0.2) is 5.69 Å². The molecule has 0 saturated heterocycles. The number of amides is 1. The highest BCUT2D eigenvalue weighted by atomic mass is 35.5. The summed E-state index contributed by atoms with van der Waals surface area (Å²) in [4.78, 5) is 18.6. The molecule has 0 atom stereocenters. The van der Waals surface area contributed by atoms with E-state index >= 15 is 0 Å². The van der Waals surface area contributed by atoms with Crippen LogP contribution in [0.15, 0.2) is 52.2 Å². The number of imidazole rings is 1. The van der Waals surface area contributed by atoms with Crippen molar-refractivity contribution in [2.24, 2.45) is 5.10 Å². The smallest absolute Gasteiger partial charge is 0.293 e. The van der Waals surface area contributed by atoms with E-state index in [0.717, 1.165) is 11.3 Å². The Hall–Kier alpha value is -3.06. The van der Waals surface area contributed by atoms with E-state index in [1.807, 2.05) is 45.3 Å². The zero-order chi connectivity index (χ0) is 18.7. The zero-order valence-corrected chi connectivity index (χ0v) is 15.4. The van der Waals surface area contributed by atoms with Crippen LogP contribution in [0.4, 0.5) is 5.95 Å². The molecule has 1 amide bonds. The molecule has 8 heteroatoms. The molecule has 0 fully saturated rings. The van der Waals surface area contributed by atoms with Crippen LogP contribution in [0.2, 0.25) is 5.15 Å². The van der Waals surface area contributed by atoms with Crippen molar-refractivity contribution in [2.75, 3.05) is 19.0 Å². The van der Waals surface area contributed by atoms with Crippen molar-refractivity contribution < 1.29 is 9.21 Å². The Morgan fingerprint density at radius 3 is 2.65 bits per heavy atom. The number of nitrogens with one attached hydrogen (secondary N) is 1. The maximum atomic E-state index is 12.4. The van der Waals surface area contributed by atoms with Gasteiger partial charge in [0.05, 0.1) is 18.2 Å². The number of nitrogens with zero attached hydrogens (tertiary/aromatic N) is 4. The fourth-order valence-corrected chi connectivity index (χ4v) is 2.63. The number of aryl methyl sites for hydroxylation is 1. The van der Waals surface area contributed by atoms with Crippen LogP contribution in [-0.4, -0.2) is 35.8 Å². The first kappa shape index (κ1) is 17.8. The van der Waals surface area contributed by atoms with Crippen molar-refractivity contribution in [3.63, 3.8) is 0 Å². The lowest BCUT2D eigenvalue weighted by Crippen LogP contribution is -2.19. The minimum absolute atomic E-state index is 0.0903. The Bertz CT molecular complexity index is 927. The molecule has 1 aromatic carbocycles. The van der Waals surface area contributed by atoms with Gasteiger partial charge in [0, 0.05) is 14.1 Å². The summed E-state index contributed by atoms with van der Waals surface area (Å²) in [5.41, 5.74) is 4.44. The highest BCUT2D eigenvalue weighted by Gasteiger charge is 2.23. The van der Waals surface area contributed by atoms with Gasteiger partial charge in [-0.15, -0.1) is 0 Å². The number of rotatable bonds is 5. The molecular weight excluding hydrogens is 354 g/mol. The van der Waals surface area contributed by atoms with Crippen molar-refractivity contribution in [1.29, 1.82) is 0 Å². The number of benzene rings is 1. The van der Waals surface area contributed by atoms with Gasteiger partial charge in [0.1, 0.15) is 10.9 Å². The van der Waals surface area contributed by atoms with E-state index in [2.05, 4.69) is 15.5 Å². The topological polar surface area (TPSA) is 75.7 Å². The van der Waals surface area contributed by atoms with E-state index in [0.29, 0.717) is 11.7 Å². The molecule has 3 aromatic rings. The third-order valence-electron chi connectivity index (χ3n) is 3.61. The quantitative estimate of drug-likeness (QED) is 0.551. The predicted octanol–water partition coefficient (Wildman–Crippen LogP) is 3.26. The number of carbonyl (C=O) groups is 1. The van der Waals surface area contributed by atoms with Crippen LogP contribution in [0.25, 0.3) is 5.69 Å². The van der Waals surface area contributed by atoms with Crippen molar-refractivity contribution >= 4 is 29.7 Å². The lowest BCUT2D eigenvalue weighted by Gasteiger charge is -2.15. The molecule has 2 heterocycles. The third kappa shape index (κ3) is 3.62. The molecule has 0 unspecified atom stereocenters. The molecule has 134 valence electrons. The number of anilines is 1. The molecule has 0 aliphatic carbocycles. The number of hydrogen-bond acceptors (Lipinski definition) is 5. The van der Waals surface area contributed by atoms with Crippen LogP contribution in [0.5, 0.6) is 0 Å². The van der Waals surface area contributed by atoms with E-state index in [1.165, 1.54) is 12.5 Å². The second-order valence-electron chi connectivity index (χ2n) is 5.83. The third-order valence-corrected chi connectivity index (χ3v) is 3.96. The van der Waals surface area contributed by atoms with Gasteiger partial charge in [0.25, 0.3) is 5.91 Å². The molecular formula is C18H18ClN5O2. The van der Waals surface area contributed by atoms with Gasteiger partial charge in [-0.05, 0) is 31.2 Å². The Balaban J connectivity index is 1.91. The number of hydrogen-bond donors (Lipinski definition) is 1. The second kappa shape index (κ2) is 7.45. The fraction of sp³-hybridized carbons (Fsp3) is 0.167. The van der Waals surface area contributed by atoms with Gasteiger partial charge in [-0.25, -0.2) is 10.4 Å². The normalized spacial score (nSPS) is 11.1. The molecule has 0 spiro atoms. The van der Waals surface area contributed by atoms with Gasteiger partial charge in [-0.3, -0.25) is 9.36 Å². The van der Waals surface area contributed by atoms with Gasteiger partial charge in [-0.2, -0.15) is 5.10 Å². The molecule has 1 N–H and O–H groups in total. The zero-order valence-electron chi connectivity index (χ0n) is 14.6. The summed E-state index contributed by atoms with van der Waals surface area (Å²) in [6.45, 7) is 2.00. The molecule has 26 heavy (non-hydrogen) atoms. The molecule has 7 nitrogen and oxygen atoms in total. The maximum Gasteiger partial charge on any atom is 0.293 e. The summed E-state index contributed by atoms with van der Waals surface area (Å²) < 4.78 is 6.83. The fourth-order valence-electron chi connectivity index (χ4n) is 2.33. The number of aromatic nitrogens is 2. The maximum absolute atomic E-state index is 12.4. The summed E-state index contributed by atoms with van der Waals surface area (Å²) in [6.07, 6.45) is 2.92. The van der Waals surface area contributed by atoms with Gasteiger partial charge < -0.3 is 9.32 Å². The minimum atomic E-state index is -0.508. The molecule has 3 rings (SSSR count). The lowest BCUT2D eigenvalue weighted by molar-refractivity contribution is 0.0951. The number of hydrazone groups is 1. The molecule has 0 saturated carbocycles. The summed E-state index contributed by atoms with van der Waals surface area (Å²) in [6, 6.07) is 11.2. The first-order valence-electron chi connectivity index (χ1n) is 7.87. The van der Waals surface area contributed by atoms with E-state index in [9.17, 15) is 4.79 Å². The Labute approximate surface area is 155 Å². The first-order chi connectivity index (χ1) is 12.5. The van der Waals surface area contributed by atoms with Crippen molar-refractivity contribution in [3.8, 4) is 5.69 Å². The van der Waals surface area contributed by atoms with E-state index < -0.39 is 5.91 Å². The Kier molecular flexibility index (Phi) is 5.09. The van der Waals surface area contributed by atoms with Crippen LogP contribution >= 0.6 is 11.6 Å². The average Bonchev–Trinajstić information content (AvgIpc) is 3.23. The van der Waals surface area contributed by atoms with Crippen LogP contribution in [0.1, 0.15) is 21.8 Å². The Morgan fingerprint density at radius 2 is 2.04 bits per heavy atom. The van der Waals surface area contributed by atoms with Gasteiger partial charge >= 0.3 is 0 Å². The average molecular weight is 372 g/mol. The highest BCUT2D eigenvalue weighted by Crippen LogP contribution is 2.28. The lowest BCUT2D eigenvalue weighted by atomic mass is 10.2. The van der Waals surface area contributed by atoms with Crippen LogP contribution in [0.3, 0.4) is 0 Å². The minimum Gasteiger partial charge on any atom is -0.463 e. The Morgan fingerprint density at radius 1 is 1.31 bits per heavy atom. The van der Waals surface area contributed by atoms with Crippen LogP contribution in [-0.2, 0) is 0 Å². The van der Waals surface area contributed by atoms with E-state index in [-0.39, 0.29) is 10.8 Å². The van der Waals surface area contributed by atoms with Crippen molar-refractivity contribution in [2.45, 2.75) is 6.92 Å². The van der Waals surface area contributed by atoms with Crippen molar-refractivity contribution in [3.05, 3.63) is 64.8 Å². The van der Waals surface area contributed by atoms with Gasteiger partial charge in [-0.1, -0.05) is 29.3 Å². The molecule has 0 radical (unpaired) electrons. The van der Waals surface area contributed by atoms with Crippen LogP contribution in [0, 0.1) is 6.92 Å².